The average molecular weight is 428 g/mol. The lowest BCUT2D eigenvalue weighted by Crippen LogP contribution is -2.20. The standard InChI is InChI=1S/C22H25N3O4S/c1-16-8-9-19(14-17(16)2)20-21(23-15-24-22(20)29-12-11-26)25-30(27,28)13-10-18-6-4-3-5-7-18/h3-9,14-15,26H,10-13H2,1-2H3,(H,23,24,25). The van der Waals surface area contributed by atoms with Crippen molar-refractivity contribution in [1.82, 2.24) is 9.97 Å². The molecule has 0 unspecified atom stereocenters. The van der Waals surface area contributed by atoms with Crippen LogP contribution >= 0.6 is 0 Å². The van der Waals surface area contributed by atoms with Gasteiger partial charge in [0.1, 0.15) is 12.9 Å². The number of sulfonamides is 1. The van der Waals surface area contributed by atoms with Crippen LogP contribution in [0.3, 0.4) is 0 Å². The highest BCUT2D eigenvalue weighted by molar-refractivity contribution is 7.92. The second kappa shape index (κ2) is 9.69. The van der Waals surface area contributed by atoms with Gasteiger partial charge in [-0.2, -0.15) is 0 Å². The van der Waals surface area contributed by atoms with Gasteiger partial charge in [0, 0.05) is 0 Å². The van der Waals surface area contributed by atoms with Gasteiger partial charge in [0.15, 0.2) is 5.82 Å². The Bertz CT molecular complexity index is 1100. The molecule has 2 N–H and O–H groups in total. The van der Waals surface area contributed by atoms with Crippen LogP contribution in [0.5, 0.6) is 5.88 Å². The predicted octanol–water partition coefficient (Wildman–Crippen LogP) is 3.12. The first kappa shape index (κ1) is 21.7. The molecule has 1 heterocycles. The lowest BCUT2D eigenvalue weighted by Gasteiger charge is -2.16. The Morgan fingerprint density at radius 1 is 1.03 bits per heavy atom. The summed E-state index contributed by atoms with van der Waals surface area (Å²) < 4.78 is 33.6. The van der Waals surface area contributed by atoms with Crippen molar-refractivity contribution in [2.75, 3.05) is 23.7 Å². The number of nitrogens with zero attached hydrogens (tertiary/aromatic N) is 2. The normalized spacial score (nSPS) is 11.3. The van der Waals surface area contributed by atoms with Crippen LogP contribution in [0.15, 0.2) is 54.9 Å². The van der Waals surface area contributed by atoms with Crippen LogP contribution in [-0.4, -0.2) is 42.5 Å². The minimum atomic E-state index is -3.66. The van der Waals surface area contributed by atoms with E-state index in [4.69, 9.17) is 9.84 Å². The van der Waals surface area contributed by atoms with Crippen molar-refractivity contribution in [3.63, 3.8) is 0 Å². The van der Waals surface area contributed by atoms with Crippen molar-refractivity contribution >= 4 is 15.8 Å². The SMILES string of the molecule is Cc1ccc(-c2c(NS(=O)(=O)CCc3ccccc3)ncnc2OCCO)cc1C. The lowest BCUT2D eigenvalue weighted by molar-refractivity contribution is 0.197. The van der Waals surface area contributed by atoms with Gasteiger partial charge in [0.2, 0.25) is 15.9 Å². The summed E-state index contributed by atoms with van der Waals surface area (Å²) in [5.41, 5.74) is 4.26. The summed E-state index contributed by atoms with van der Waals surface area (Å²) in [6.45, 7) is 3.82. The number of ether oxygens (including phenoxy) is 1. The van der Waals surface area contributed by atoms with Crippen molar-refractivity contribution in [3.05, 3.63) is 71.5 Å². The van der Waals surface area contributed by atoms with Crippen LogP contribution in [0.25, 0.3) is 11.1 Å². The van der Waals surface area contributed by atoms with E-state index in [0.717, 1.165) is 22.3 Å². The van der Waals surface area contributed by atoms with Crippen molar-refractivity contribution in [2.24, 2.45) is 0 Å². The first-order chi connectivity index (χ1) is 14.4. The molecule has 2 aromatic carbocycles. The zero-order chi connectivity index (χ0) is 21.6. The molecule has 158 valence electrons. The maximum absolute atomic E-state index is 12.8. The molecule has 0 atom stereocenters. The maximum atomic E-state index is 12.8. The molecule has 0 saturated carbocycles. The number of hydrogen-bond acceptors (Lipinski definition) is 6. The minimum absolute atomic E-state index is 0.0368. The monoisotopic (exact) mass is 427 g/mol. The van der Waals surface area contributed by atoms with E-state index in [9.17, 15) is 8.42 Å². The molecule has 0 aliphatic carbocycles. The predicted molar refractivity (Wildman–Crippen MR) is 117 cm³/mol. The number of anilines is 1. The molecular weight excluding hydrogens is 402 g/mol. The molecule has 3 aromatic rings. The zero-order valence-electron chi connectivity index (χ0n) is 17.0. The number of hydrogen-bond donors (Lipinski definition) is 2. The number of aromatic nitrogens is 2. The summed E-state index contributed by atoms with van der Waals surface area (Å²) in [6, 6.07) is 15.2. The smallest absolute Gasteiger partial charge is 0.234 e. The van der Waals surface area contributed by atoms with Crippen LogP contribution < -0.4 is 9.46 Å². The van der Waals surface area contributed by atoms with E-state index < -0.39 is 10.0 Å². The molecule has 7 nitrogen and oxygen atoms in total. The van der Waals surface area contributed by atoms with Gasteiger partial charge in [0.05, 0.1) is 17.9 Å². The minimum Gasteiger partial charge on any atom is -0.475 e. The second-order valence-electron chi connectivity index (χ2n) is 6.93. The van der Waals surface area contributed by atoms with E-state index in [0.29, 0.717) is 12.0 Å². The summed E-state index contributed by atoms with van der Waals surface area (Å²) in [5.74, 6) is 0.276. The first-order valence-electron chi connectivity index (χ1n) is 9.60. The number of nitrogens with one attached hydrogen (secondary N) is 1. The van der Waals surface area contributed by atoms with Crippen molar-refractivity contribution in [1.29, 1.82) is 0 Å². The highest BCUT2D eigenvalue weighted by Crippen LogP contribution is 2.35. The molecule has 0 saturated heterocycles. The number of aliphatic hydroxyl groups excluding tert-OH is 1. The van der Waals surface area contributed by atoms with Crippen LogP contribution in [-0.2, 0) is 16.4 Å². The second-order valence-corrected chi connectivity index (χ2v) is 8.77. The molecule has 0 radical (unpaired) electrons. The number of rotatable bonds is 9. The van der Waals surface area contributed by atoms with Crippen LogP contribution in [0.2, 0.25) is 0 Å². The first-order valence-corrected chi connectivity index (χ1v) is 11.3. The van der Waals surface area contributed by atoms with Crippen LogP contribution in [0, 0.1) is 13.8 Å². The van der Waals surface area contributed by atoms with Crippen molar-refractivity contribution < 1.29 is 18.3 Å². The fourth-order valence-corrected chi connectivity index (χ4v) is 4.01. The Morgan fingerprint density at radius 3 is 2.50 bits per heavy atom. The lowest BCUT2D eigenvalue weighted by atomic mass is 10.0. The maximum Gasteiger partial charge on any atom is 0.234 e. The van der Waals surface area contributed by atoms with Gasteiger partial charge >= 0.3 is 0 Å². The Hall–Kier alpha value is -2.97. The zero-order valence-corrected chi connectivity index (χ0v) is 17.8. The van der Waals surface area contributed by atoms with Gasteiger partial charge in [-0.25, -0.2) is 18.4 Å². The molecule has 0 aliphatic rings. The number of aryl methyl sites for hydroxylation is 3. The number of benzene rings is 2. The summed E-state index contributed by atoms with van der Waals surface area (Å²) in [6.07, 6.45) is 1.63. The van der Waals surface area contributed by atoms with Gasteiger partial charge in [-0.15, -0.1) is 0 Å². The molecule has 30 heavy (non-hydrogen) atoms. The summed E-state index contributed by atoms with van der Waals surface area (Å²) in [5, 5.41) is 9.12. The molecule has 3 rings (SSSR count). The quantitative estimate of drug-likeness (QED) is 0.544. The van der Waals surface area contributed by atoms with E-state index >= 15 is 0 Å². The largest absolute Gasteiger partial charge is 0.475 e. The third-order valence-electron chi connectivity index (χ3n) is 4.69. The Morgan fingerprint density at radius 2 is 1.80 bits per heavy atom. The topological polar surface area (TPSA) is 101 Å². The van der Waals surface area contributed by atoms with Crippen molar-refractivity contribution in [2.45, 2.75) is 20.3 Å². The third kappa shape index (κ3) is 5.55. The molecular formula is C22H25N3O4S. The van der Waals surface area contributed by atoms with E-state index in [-0.39, 0.29) is 30.7 Å². The summed E-state index contributed by atoms with van der Waals surface area (Å²) >= 11 is 0. The highest BCUT2D eigenvalue weighted by Gasteiger charge is 2.20. The average Bonchev–Trinajstić information content (AvgIpc) is 2.73. The third-order valence-corrected chi connectivity index (χ3v) is 5.94. The number of aliphatic hydroxyl groups is 1. The molecule has 0 amide bonds. The highest BCUT2D eigenvalue weighted by atomic mass is 32.2. The van der Waals surface area contributed by atoms with Gasteiger partial charge < -0.3 is 9.84 Å². The Labute approximate surface area is 176 Å². The molecule has 0 bridgehead atoms. The fourth-order valence-electron chi connectivity index (χ4n) is 2.95. The Balaban J connectivity index is 1.94. The van der Waals surface area contributed by atoms with E-state index in [1.54, 1.807) is 0 Å². The molecule has 0 spiro atoms. The molecule has 0 fully saturated rings. The van der Waals surface area contributed by atoms with Gasteiger partial charge in [-0.3, -0.25) is 4.72 Å². The fraction of sp³-hybridized carbons (Fsp3) is 0.273. The van der Waals surface area contributed by atoms with Gasteiger partial charge in [0.25, 0.3) is 0 Å². The summed E-state index contributed by atoms with van der Waals surface area (Å²) in [4.78, 5) is 8.32. The molecule has 0 aliphatic heterocycles. The Kier molecular flexibility index (Phi) is 7.02. The van der Waals surface area contributed by atoms with Gasteiger partial charge in [-0.1, -0.05) is 48.5 Å². The van der Waals surface area contributed by atoms with E-state index in [1.165, 1.54) is 6.33 Å². The van der Waals surface area contributed by atoms with Crippen LogP contribution in [0.4, 0.5) is 5.82 Å². The molecule has 1 aromatic heterocycles. The summed E-state index contributed by atoms with van der Waals surface area (Å²) in [7, 11) is -3.66. The van der Waals surface area contributed by atoms with Gasteiger partial charge in [-0.05, 0) is 42.5 Å². The molecule has 8 heteroatoms. The van der Waals surface area contributed by atoms with E-state index in [2.05, 4.69) is 14.7 Å². The van der Waals surface area contributed by atoms with E-state index in [1.807, 2.05) is 62.4 Å². The van der Waals surface area contributed by atoms with Crippen LogP contribution in [0.1, 0.15) is 16.7 Å². The van der Waals surface area contributed by atoms with Crippen molar-refractivity contribution in [3.8, 4) is 17.0 Å².